The zero-order chi connectivity index (χ0) is 78.2. The van der Waals surface area contributed by atoms with Gasteiger partial charge in [0.15, 0.2) is 75.7 Å². The van der Waals surface area contributed by atoms with Crippen LogP contribution in [0, 0.1) is 5.82 Å². The van der Waals surface area contributed by atoms with E-state index in [1.807, 2.05) is 279 Å². The molecule has 1 aliphatic heterocycles. The molecule has 0 N–H and O–H groups in total. The van der Waals surface area contributed by atoms with Crippen molar-refractivity contribution in [1.82, 2.24) is 69.8 Å². The van der Waals surface area contributed by atoms with Crippen LogP contribution in [0.3, 0.4) is 0 Å². The van der Waals surface area contributed by atoms with Gasteiger partial charge in [0.1, 0.15) is 11.6 Å². The van der Waals surface area contributed by atoms with Crippen molar-refractivity contribution >= 4 is 34.3 Å². The second-order valence-electron chi connectivity index (χ2n) is 27.4. The monoisotopic (exact) mass is 1510 g/mol. The van der Waals surface area contributed by atoms with Gasteiger partial charge >= 0.3 is 0 Å². The summed E-state index contributed by atoms with van der Waals surface area (Å²) in [7, 11) is 0. The summed E-state index contributed by atoms with van der Waals surface area (Å²) < 4.78 is 15.6. The van der Waals surface area contributed by atoms with Crippen molar-refractivity contribution in [3.05, 3.63) is 400 Å². The predicted molar refractivity (Wildman–Crippen MR) is 461 cm³/mol. The van der Waals surface area contributed by atoms with E-state index in [1.165, 1.54) is 6.07 Å². The van der Waals surface area contributed by atoms with E-state index in [0.717, 1.165) is 107 Å². The smallest absolute Gasteiger partial charge is 0.167 e. The molecule has 0 fully saturated rings. The number of rotatable bonds is 16. The third kappa shape index (κ3) is 15.0. The first kappa shape index (κ1) is 71.1. The number of halogens is 1. The highest BCUT2D eigenvalue weighted by molar-refractivity contribution is 6.04. The molecule has 0 saturated heterocycles. The maximum Gasteiger partial charge on any atom is 0.167 e. The molecule has 552 valence electrons. The largest absolute Gasteiger partial charge is 0.306 e. The highest BCUT2D eigenvalue weighted by Crippen LogP contribution is 2.56. The van der Waals surface area contributed by atoms with Crippen LogP contribution in [-0.4, -0.2) is 69.8 Å². The van der Waals surface area contributed by atoms with Crippen LogP contribution in [0.4, 0.5) is 38.6 Å². The molecule has 14 aromatic carbocycles. The van der Waals surface area contributed by atoms with Gasteiger partial charge in [-0.25, -0.2) is 74.2 Å². The first-order valence-electron chi connectivity index (χ1n) is 38.1. The van der Waals surface area contributed by atoms with E-state index < -0.39 is 5.82 Å². The van der Waals surface area contributed by atoms with E-state index in [2.05, 4.69) is 107 Å². The van der Waals surface area contributed by atoms with Crippen LogP contribution in [0.5, 0.6) is 0 Å². The van der Waals surface area contributed by atoms with Crippen LogP contribution in [0.1, 0.15) is 0 Å². The summed E-state index contributed by atoms with van der Waals surface area (Å²) in [5, 5.41) is 0. The van der Waals surface area contributed by atoms with Crippen molar-refractivity contribution in [3.8, 4) is 159 Å². The fraction of sp³-hybridized carbons (Fsp3) is 0. The van der Waals surface area contributed by atoms with Gasteiger partial charge in [-0.3, -0.25) is 4.90 Å². The molecule has 6 heterocycles. The quantitative estimate of drug-likeness (QED) is 0.0888. The Morgan fingerprint density at radius 3 is 0.675 bits per heavy atom. The van der Waals surface area contributed by atoms with Crippen LogP contribution in [0.25, 0.3) is 159 Å². The Bertz CT molecular complexity index is 6420. The van der Waals surface area contributed by atoms with Gasteiger partial charge in [0.2, 0.25) is 0 Å². The summed E-state index contributed by atoms with van der Waals surface area (Å²) >= 11 is 0. The van der Waals surface area contributed by atoms with Gasteiger partial charge in [0, 0.05) is 78.4 Å². The van der Waals surface area contributed by atoms with E-state index in [-0.39, 0.29) is 11.4 Å². The molecule has 0 atom stereocenters. The van der Waals surface area contributed by atoms with Gasteiger partial charge in [0.05, 0.1) is 39.7 Å². The number of anilines is 6. The van der Waals surface area contributed by atoms with E-state index in [4.69, 9.17) is 69.8 Å². The Labute approximate surface area is 673 Å². The van der Waals surface area contributed by atoms with Gasteiger partial charge in [-0.15, -0.1) is 0 Å². The predicted octanol–water partition coefficient (Wildman–Crippen LogP) is 23.6. The lowest BCUT2D eigenvalue weighted by atomic mass is 10.0. The van der Waals surface area contributed by atoms with Crippen LogP contribution >= 0.6 is 0 Å². The van der Waals surface area contributed by atoms with E-state index >= 15 is 4.39 Å². The molecular formula is C100H65FN16. The number of hydrogen-bond acceptors (Lipinski definition) is 16. The molecule has 0 spiro atoms. The minimum absolute atomic E-state index is 0.215. The average molecular weight is 1510 g/mol. The van der Waals surface area contributed by atoms with Crippen molar-refractivity contribution in [2.24, 2.45) is 0 Å². The summed E-state index contributed by atoms with van der Waals surface area (Å²) in [5.41, 5.74) is 16.3. The maximum atomic E-state index is 15.6. The fourth-order valence-corrected chi connectivity index (χ4v) is 14.1. The van der Waals surface area contributed by atoms with Crippen molar-refractivity contribution in [3.63, 3.8) is 0 Å². The molecule has 0 saturated carbocycles. The normalized spacial score (nSPS) is 11.4. The van der Waals surface area contributed by atoms with Crippen LogP contribution in [0.2, 0.25) is 0 Å². The summed E-state index contributed by atoms with van der Waals surface area (Å²) in [5.74, 6) is 6.65. The summed E-state index contributed by atoms with van der Waals surface area (Å²) in [6.07, 6.45) is 0. The Morgan fingerprint density at radius 1 is 0.154 bits per heavy atom. The van der Waals surface area contributed by atoms with Crippen molar-refractivity contribution < 1.29 is 4.39 Å². The molecule has 117 heavy (non-hydrogen) atoms. The highest BCUT2D eigenvalue weighted by atomic mass is 19.1. The van der Waals surface area contributed by atoms with Gasteiger partial charge in [-0.1, -0.05) is 328 Å². The van der Waals surface area contributed by atoms with E-state index in [0.29, 0.717) is 75.5 Å². The molecule has 0 radical (unpaired) electrons. The standard InChI is InChI=1S/C64H42N10.C36H23FN6/c1-7-23-43(24-8-1)51-42-57(66-58(65-51)44-25-9-2-10-26-44)74-55-37-21-19-35-53(55)73(54-36-20-22-38-56(54)74)52-40-39-49(63-69-59(45-27-11-3-12-28-45)67-60(70-63)46-29-13-4-14-30-46)41-50(52)64-71-61(47-31-15-5-16-32-47)68-62(72-64)48-33-17-6-18-34-48;37-30-22-21-28(35-40-31(24-13-5-1-6-14-24)38-32(41-35)25-15-7-2-8-16-25)23-29(30)36-42-33(26-17-9-3-10-18-26)39-34(43-36)27-19-11-4-12-20-27/h1-42H;1-23H. The third-order valence-corrected chi connectivity index (χ3v) is 19.8. The summed E-state index contributed by atoms with van der Waals surface area (Å²) in [4.78, 5) is 74.7. The number of fused-ring (bicyclic) bond motifs is 2. The second kappa shape index (κ2) is 32.2. The number of benzene rings is 14. The van der Waals surface area contributed by atoms with Crippen molar-refractivity contribution in [2.45, 2.75) is 0 Å². The molecule has 0 unspecified atom stereocenters. The summed E-state index contributed by atoms with van der Waals surface area (Å²) in [6, 6.07) is 129. The molecule has 0 aliphatic carbocycles. The molecule has 0 amide bonds. The molecule has 1 aliphatic rings. The minimum Gasteiger partial charge on any atom is -0.306 e. The first-order valence-corrected chi connectivity index (χ1v) is 38.1. The maximum absolute atomic E-state index is 15.6. The average Bonchev–Trinajstić information content (AvgIpc) is 0.723. The molecule has 5 aromatic heterocycles. The Balaban J connectivity index is 0.000000180. The van der Waals surface area contributed by atoms with E-state index in [1.54, 1.807) is 12.1 Å². The molecule has 20 rings (SSSR count). The number of nitrogens with zero attached hydrogens (tertiary/aromatic N) is 16. The second-order valence-corrected chi connectivity index (χ2v) is 27.4. The number of hydrogen-bond donors (Lipinski definition) is 0. The fourth-order valence-electron chi connectivity index (χ4n) is 14.1. The lowest BCUT2D eigenvalue weighted by molar-refractivity contribution is 0.630. The molecule has 17 heteroatoms. The van der Waals surface area contributed by atoms with Crippen molar-refractivity contribution in [2.75, 3.05) is 9.80 Å². The van der Waals surface area contributed by atoms with E-state index in [9.17, 15) is 0 Å². The minimum atomic E-state index is -0.464. The number of aromatic nitrogens is 14. The lowest BCUT2D eigenvalue weighted by Gasteiger charge is -2.40. The zero-order valence-corrected chi connectivity index (χ0v) is 62.6. The lowest BCUT2D eigenvalue weighted by Crippen LogP contribution is -2.25. The molecular weight excluding hydrogens is 1440 g/mol. The topological polar surface area (TPSA) is 187 Å². The number of para-hydroxylation sites is 4. The first-order chi connectivity index (χ1) is 57.9. The Kier molecular flexibility index (Phi) is 19.6. The Morgan fingerprint density at radius 2 is 0.376 bits per heavy atom. The molecule has 0 bridgehead atoms. The SMILES string of the molecule is Fc1ccc(-c2nc(-c3ccccc3)nc(-c3ccccc3)n2)cc1-c1nc(-c2ccccc2)nc(-c2ccccc2)n1.c1ccc(-c2cc(N3c4ccccc4N(c4ccc(-c5nc(-c6ccccc6)nc(-c6ccccc6)n5)cc4-c4nc(-c5ccccc5)nc(-c5ccccc5)n4)c4ccccc43)nc(-c3ccccc3)n2)cc1. The highest BCUT2D eigenvalue weighted by Gasteiger charge is 2.34. The van der Waals surface area contributed by atoms with Crippen LogP contribution in [-0.2, 0) is 0 Å². The Hall–Kier alpha value is -16.3. The van der Waals surface area contributed by atoms with Gasteiger partial charge in [0.25, 0.3) is 0 Å². The van der Waals surface area contributed by atoms with Crippen LogP contribution in [0.15, 0.2) is 394 Å². The van der Waals surface area contributed by atoms with Gasteiger partial charge in [-0.2, -0.15) is 0 Å². The van der Waals surface area contributed by atoms with Gasteiger partial charge in [-0.05, 0) is 60.7 Å². The molecule has 19 aromatic rings. The zero-order valence-electron chi connectivity index (χ0n) is 62.6. The van der Waals surface area contributed by atoms with Crippen LogP contribution < -0.4 is 9.80 Å². The summed E-state index contributed by atoms with van der Waals surface area (Å²) in [6.45, 7) is 0. The molecule has 16 nitrogen and oxygen atoms in total. The third-order valence-electron chi connectivity index (χ3n) is 19.8. The van der Waals surface area contributed by atoms with Gasteiger partial charge < -0.3 is 4.90 Å². The van der Waals surface area contributed by atoms with Crippen molar-refractivity contribution in [1.29, 1.82) is 0 Å².